The number of aliphatic hydroxyl groups excluding tert-OH is 1. The molecule has 132 valence electrons. The van der Waals surface area contributed by atoms with Crippen molar-refractivity contribution in [1.82, 2.24) is 19.7 Å². The van der Waals surface area contributed by atoms with Crippen molar-refractivity contribution in [3.05, 3.63) is 16.3 Å². The van der Waals surface area contributed by atoms with Gasteiger partial charge in [0.15, 0.2) is 0 Å². The highest BCUT2D eigenvalue weighted by Gasteiger charge is 2.47. The minimum absolute atomic E-state index is 0.0229. The first-order chi connectivity index (χ1) is 11.7. The first-order valence-electron chi connectivity index (χ1n) is 9.24. The van der Waals surface area contributed by atoms with Gasteiger partial charge in [0.2, 0.25) is 5.91 Å². The first kappa shape index (κ1) is 15.9. The summed E-state index contributed by atoms with van der Waals surface area (Å²) in [6, 6.07) is 0.0531. The van der Waals surface area contributed by atoms with Crippen LogP contribution in [0.15, 0.2) is 4.79 Å². The number of fused-ring (bicyclic) bond motifs is 3. The highest BCUT2D eigenvalue weighted by Crippen LogP contribution is 2.48. The molecule has 4 atom stereocenters. The van der Waals surface area contributed by atoms with Crippen molar-refractivity contribution in [3.63, 3.8) is 0 Å². The third-order valence-electron chi connectivity index (χ3n) is 6.20. The molecule has 2 aliphatic carbocycles. The summed E-state index contributed by atoms with van der Waals surface area (Å²) in [6.07, 6.45) is 7.37. The van der Waals surface area contributed by atoms with E-state index in [2.05, 4.69) is 10.4 Å². The molecule has 2 heterocycles. The van der Waals surface area contributed by atoms with E-state index in [0.29, 0.717) is 18.4 Å². The van der Waals surface area contributed by atoms with E-state index in [9.17, 15) is 14.7 Å². The van der Waals surface area contributed by atoms with Gasteiger partial charge in [0.25, 0.3) is 0 Å². The minimum Gasteiger partial charge on any atom is -0.396 e. The molecular weight excluding hydrogens is 308 g/mol. The molecule has 0 radical (unpaired) electrons. The molecule has 4 unspecified atom stereocenters. The molecule has 1 aromatic rings. The lowest BCUT2D eigenvalue weighted by molar-refractivity contribution is -0.123. The van der Waals surface area contributed by atoms with Crippen LogP contribution in [0.4, 0.5) is 0 Å². The van der Waals surface area contributed by atoms with Crippen molar-refractivity contribution in [2.75, 3.05) is 6.61 Å². The van der Waals surface area contributed by atoms with E-state index in [1.165, 1.54) is 4.68 Å². The average Bonchev–Trinajstić information content (AvgIpc) is 3.18. The summed E-state index contributed by atoms with van der Waals surface area (Å²) in [5.41, 5.74) is -0.172. The minimum atomic E-state index is -0.172. The molecule has 24 heavy (non-hydrogen) atoms. The van der Waals surface area contributed by atoms with E-state index in [4.69, 9.17) is 0 Å². The van der Waals surface area contributed by atoms with Crippen molar-refractivity contribution in [2.45, 2.75) is 64.1 Å². The zero-order valence-corrected chi connectivity index (χ0v) is 14.0. The Bertz CT molecular complexity index is 680. The number of nitrogens with zero attached hydrogens (tertiary/aromatic N) is 3. The van der Waals surface area contributed by atoms with Gasteiger partial charge in [-0.1, -0.05) is 6.42 Å². The fourth-order valence-corrected chi connectivity index (χ4v) is 4.99. The molecule has 1 amide bonds. The third kappa shape index (κ3) is 2.68. The summed E-state index contributed by atoms with van der Waals surface area (Å²) in [5, 5.41) is 17.1. The highest BCUT2D eigenvalue weighted by atomic mass is 16.3. The molecule has 0 saturated heterocycles. The zero-order valence-electron chi connectivity index (χ0n) is 14.0. The summed E-state index contributed by atoms with van der Waals surface area (Å²) in [4.78, 5) is 24.9. The second kappa shape index (κ2) is 6.35. The van der Waals surface area contributed by atoms with E-state index < -0.39 is 0 Å². The Morgan fingerprint density at radius 1 is 1.25 bits per heavy atom. The van der Waals surface area contributed by atoms with Gasteiger partial charge < -0.3 is 10.4 Å². The standard InChI is InChI=1S/C17H26N4O3/c22-10-13-11-5-6-12(8-11)16(13)18-15(23)9-21-17(24)20-7-3-1-2-4-14(20)19-21/h11-13,16,22H,1-10H2,(H,18,23). The molecule has 2 fully saturated rings. The summed E-state index contributed by atoms with van der Waals surface area (Å²) >= 11 is 0. The van der Waals surface area contributed by atoms with Crippen molar-refractivity contribution in [1.29, 1.82) is 0 Å². The van der Waals surface area contributed by atoms with Crippen LogP contribution in [0.2, 0.25) is 0 Å². The van der Waals surface area contributed by atoms with E-state index in [-0.39, 0.29) is 36.7 Å². The van der Waals surface area contributed by atoms with Crippen LogP contribution in [0.1, 0.15) is 44.3 Å². The van der Waals surface area contributed by atoms with Gasteiger partial charge in [-0.2, -0.15) is 5.10 Å². The Morgan fingerprint density at radius 3 is 2.92 bits per heavy atom. The normalized spacial score (nSPS) is 31.7. The number of aryl methyl sites for hydroxylation is 1. The predicted octanol–water partition coefficient (Wildman–Crippen LogP) is 0.294. The Labute approximate surface area is 141 Å². The number of aromatic nitrogens is 3. The molecule has 2 bridgehead atoms. The fraction of sp³-hybridized carbons (Fsp3) is 0.824. The van der Waals surface area contributed by atoms with Crippen LogP contribution in [0.5, 0.6) is 0 Å². The van der Waals surface area contributed by atoms with E-state index >= 15 is 0 Å². The molecule has 0 spiro atoms. The quantitative estimate of drug-likeness (QED) is 0.828. The number of aliphatic hydroxyl groups is 1. The lowest BCUT2D eigenvalue weighted by atomic mass is 9.85. The maximum atomic E-state index is 12.4. The summed E-state index contributed by atoms with van der Waals surface area (Å²) < 4.78 is 3.02. The van der Waals surface area contributed by atoms with E-state index in [1.54, 1.807) is 4.57 Å². The maximum absolute atomic E-state index is 12.4. The summed E-state index contributed by atoms with van der Waals surface area (Å²) in [7, 11) is 0. The second-order valence-electron chi connectivity index (χ2n) is 7.59. The zero-order chi connectivity index (χ0) is 16.7. The molecule has 7 nitrogen and oxygen atoms in total. The summed E-state index contributed by atoms with van der Waals surface area (Å²) in [6.45, 7) is 0.810. The third-order valence-corrected chi connectivity index (χ3v) is 6.20. The van der Waals surface area contributed by atoms with Crippen LogP contribution in [-0.2, 0) is 24.3 Å². The molecule has 2 N–H and O–H groups in total. The van der Waals surface area contributed by atoms with Gasteiger partial charge in [-0.15, -0.1) is 0 Å². The molecule has 2 saturated carbocycles. The Kier molecular flexibility index (Phi) is 4.20. The predicted molar refractivity (Wildman–Crippen MR) is 87.4 cm³/mol. The number of amides is 1. The second-order valence-corrected chi connectivity index (χ2v) is 7.59. The Hall–Kier alpha value is -1.63. The van der Waals surface area contributed by atoms with Crippen LogP contribution in [0.25, 0.3) is 0 Å². The van der Waals surface area contributed by atoms with Gasteiger partial charge in [0, 0.05) is 31.5 Å². The van der Waals surface area contributed by atoms with Gasteiger partial charge >= 0.3 is 5.69 Å². The SMILES string of the molecule is O=C(Cn1nc2n(c1=O)CCCCC2)NC1C2CCC(C2)C1CO. The van der Waals surface area contributed by atoms with Crippen LogP contribution >= 0.6 is 0 Å². The molecule has 3 aliphatic rings. The molecule has 7 heteroatoms. The number of hydrogen-bond acceptors (Lipinski definition) is 4. The Morgan fingerprint density at radius 2 is 2.08 bits per heavy atom. The number of rotatable bonds is 4. The monoisotopic (exact) mass is 334 g/mol. The number of carbonyl (C=O) groups is 1. The number of nitrogens with one attached hydrogen (secondary N) is 1. The Balaban J connectivity index is 1.44. The van der Waals surface area contributed by atoms with Crippen LogP contribution in [-0.4, -0.2) is 38.0 Å². The molecule has 1 aromatic heterocycles. The maximum Gasteiger partial charge on any atom is 0.346 e. The van der Waals surface area contributed by atoms with Crippen molar-refractivity contribution in [2.24, 2.45) is 17.8 Å². The largest absolute Gasteiger partial charge is 0.396 e. The highest BCUT2D eigenvalue weighted by molar-refractivity contribution is 5.76. The van der Waals surface area contributed by atoms with Crippen molar-refractivity contribution in [3.8, 4) is 0 Å². The van der Waals surface area contributed by atoms with E-state index in [1.807, 2.05) is 0 Å². The lowest BCUT2D eigenvalue weighted by Crippen LogP contribution is -2.47. The molecular formula is C17H26N4O3. The van der Waals surface area contributed by atoms with Crippen LogP contribution in [0.3, 0.4) is 0 Å². The van der Waals surface area contributed by atoms with Crippen molar-refractivity contribution < 1.29 is 9.90 Å². The molecule has 0 aromatic carbocycles. The van der Waals surface area contributed by atoms with Gasteiger partial charge in [-0.25, -0.2) is 9.48 Å². The first-order valence-corrected chi connectivity index (χ1v) is 9.24. The van der Waals surface area contributed by atoms with Crippen LogP contribution in [0, 0.1) is 17.8 Å². The topological polar surface area (TPSA) is 89.2 Å². The lowest BCUT2D eigenvalue weighted by Gasteiger charge is -2.30. The molecule has 4 rings (SSSR count). The van der Waals surface area contributed by atoms with Gasteiger partial charge in [0.1, 0.15) is 12.4 Å². The smallest absolute Gasteiger partial charge is 0.346 e. The van der Waals surface area contributed by atoms with E-state index in [0.717, 1.165) is 50.8 Å². The average molecular weight is 334 g/mol. The summed E-state index contributed by atoms with van der Waals surface area (Å²) in [5.74, 6) is 1.83. The number of carbonyl (C=O) groups excluding carboxylic acids is 1. The molecule has 1 aliphatic heterocycles. The van der Waals surface area contributed by atoms with Crippen molar-refractivity contribution >= 4 is 5.91 Å². The fourth-order valence-electron chi connectivity index (χ4n) is 4.99. The van der Waals surface area contributed by atoms with Crippen LogP contribution < -0.4 is 11.0 Å². The number of hydrogen-bond donors (Lipinski definition) is 2. The van der Waals surface area contributed by atoms with Gasteiger partial charge in [-0.05, 0) is 43.9 Å². The van der Waals surface area contributed by atoms with Gasteiger partial charge in [0.05, 0.1) is 0 Å². The van der Waals surface area contributed by atoms with Gasteiger partial charge in [-0.3, -0.25) is 9.36 Å².